The summed E-state index contributed by atoms with van der Waals surface area (Å²) in [6.45, 7) is 3.21. The maximum absolute atomic E-state index is 12.7. The lowest BCUT2D eigenvalue weighted by molar-refractivity contribution is -0.146. The number of fused-ring (bicyclic) bond motifs is 1. The maximum atomic E-state index is 12.7. The third kappa shape index (κ3) is 3.87. The minimum Gasteiger partial charge on any atom is -0.493 e. The van der Waals surface area contributed by atoms with Crippen LogP contribution < -0.4 is 20.1 Å². The van der Waals surface area contributed by atoms with Gasteiger partial charge in [0.05, 0.1) is 19.7 Å². The van der Waals surface area contributed by atoms with E-state index in [1.54, 1.807) is 26.4 Å². The molecule has 4 rings (SSSR count). The minimum absolute atomic E-state index is 0.0973. The molecule has 2 saturated heterocycles. The van der Waals surface area contributed by atoms with Crippen LogP contribution in [0.4, 0.5) is 11.8 Å². The van der Waals surface area contributed by atoms with Crippen molar-refractivity contribution >= 4 is 28.6 Å². The topological polar surface area (TPSA) is 103 Å². The van der Waals surface area contributed by atoms with E-state index in [-0.39, 0.29) is 12.0 Å². The number of piperazine rings is 1. The number of hydrogen-bond acceptors (Lipinski definition) is 8. The Balaban J connectivity index is 1.50. The number of amides is 1. The van der Waals surface area contributed by atoms with E-state index in [1.165, 1.54) is 0 Å². The number of carbonyl (C=O) groups is 1. The molecule has 9 heteroatoms. The summed E-state index contributed by atoms with van der Waals surface area (Å²) in [5.41, 5.74) is 6.89. The summed E-state index contributed by atoms with van der Waals surface area (Å²) >= 11 is 0. The van der Waals surface area contributed by atoms with E-state index in [4.69, 9.17) is 19.9 Å². The van der Waals surface area contributed by atoms with Crippen LogP contribution in [0.2, 0.25) is 0 Å². The molecule has 0 spiro atoms. The first-order valence-corrected chi connectivity index (χ1v) is 9.95. The molecule has 3 heterocycles. The van der Waals surface area contributed by atoms with Crippen LogP contribution in [0, 0.1) is 0 Å². The molecule has 0 radical (unpaired) electrons. The van der Waals surface area contributed by atoms with Crippen molar-refractivity contribution in [3.63, 3.8) is 0 Å². The highest BCUT2D eigenvalue weighted by Crippen LogP contribution is 2.34. The van der Waals surface area contributed by atoms with Crippen molar-refractivity contribution in [1.82, 2.24) is 14.9 Å². The number of rotatable bonds is 4. The first kappa shape index (κ1) is 19.5. The van der Waals surface area contributed by atoms with Crippen molar-refractivity contribution < 1.29 is 19.0 Å². The molecule has 1 atom stereocenters. The van der Waals surface area contributed by atoms with E-state index in [9.17, 15) is 4.79 Å². The van der Waals surface area contributed by atoms with Crippen molar-refractivity contribution in [3.05, 3.63) is 12.1 Å². The van der Waals surface area contributed by atoms with Gasteiger partial charge in [0.15, 0.2) is 11.5 Å². The van der Waals surface area contributed by atoms with Gasteiger partial charge in [-0.25, -0.2) is 4.98 Å². The molecule has 2 fully saturated rings. The van der Waals surface area contributed by atoms with Gasteiger partial charge >= 0.3 is 0 Å². The summed E-state index contributed by atoms with van der Waals surface area (Å²) in [6.07, 6.45) is 2.61. The maximum Gasteiger partial charge on any atom is 0.251 e. The van der Waals surface area contributed by atoms with Crippen LogP contribution in [0.5, 0.6) is 11.5 Å². The number of nitrogen functional groups attached to an aromatic ring is 1. The minimum atomic E-state index is -0.287. The van der Waals surface area contributed by atoms with Crippen LogP contribution in [-0.4, -0.2) is 73.9 Å². The molecule has 2 aliphatic heterocycles. The van der Waals surface area contributed by atoms with Gasteiger partial charge in [0.2, 0.25) is 5.95 Å². The van der Waals surface area contributed by atoms with E-state index in [2.05, 4.69) is 14.9 Å². The van der Waals surface area contributed by atoms with Crippen LogP contribution in [0.15, 0.2) is 12.1 Å². The fraction of sp³-hybridized carbons (Fsp3) is 0.550. The Morgan fingerprint density at radius 3 is 2.48 bits per heavy atom. The predicted octanol–water partition coefficient (Wildman–Crippen LogP) is 1.45. The van der Waals surface area contributed by atoms with Gasteiger partial charge in [0.25, 0.3) is 5.91 Å². The van der Waals surface area contributed by atoms with Gasteiger partial charge in [-0.3, -0.25) is 4.79 Å². The van der Waals surface area contributed by atoms with E-state index in [1.807, 2.05) is 4.90 Å². The Hall–Kier alpha value is -2.81. The number of carbonyl (C=O) groups excluding carboxylic acids is 1. The number of aromatic nitrogens is 2. The molecule has 2 aliphatic rings. The van der Waals surface area contributed by atoms with E-state index in [0.29, 0.717) is 61.6 Å². The number of nitrogens with zero attached hydrogens (tertiary/aromatic N) is 4. The first-order valence-electron chi connectivity index (χ1n) is 9.95. The summed E-state index contributed by atoms with van der Waals surface area (Å²) in [5, 5.41) is 0.717. The molecule has 1 unspecified atom stereocenters. The van der Waals surface area contributed by atoms with Crippen molar-refractivity contribution in [1.29, 1.82) is 0 Å². The fourth-order valence-electron chi connectivity index (χ4n) is 3.87. The Morgan fingerprint density at radius 2 is 1.83 bits per heavy atom. The summed E-state index contributed by atoms with van der Waals surface area (Å²) in [4.78, 5) is 25.8. The monoisotopic (exact) mass is 401 g/mol. The van der Waals surface area contributed by atoms with Crippen LogP contribution in [-0.2, 0) is 9.53 Å². The number of methoxy groups -OCH3 is 2. The molecule has 1 aromatic heterocycles. The number of hydrogen-bond donors (Lipinski definition) is 1. The second-order valence-corrected chi connectivity index (χ2v) is 7.30. The molecular weight excluding hydrogens is 374 g/mol. The van der Waals surface area contributed by atoms with Crippen LogP contribution in [0.25, 0.3) is 10.9 Å². The van der Waals surface area contributed by atoms with Gasteiger partial charge in [0.1, 0.15) is 11.9 Å². The van der Waals surface area contributed by atoms with Gasteiger partial charge in [0, 0.05) is 44.2 Å². The lowest BCUT2D eigenvalue weighted by Crippen LogP contribution is -2.52. The van der Waals surface area contributed by atoms with Crippen LogP contribution in [0.3, 0.4) is 0 Å². The number of benzene rings is 1. The highest BCUT2D eigenvalue weighted by Gasteiger charge is 2.30. The average Bonchev–Trinajstić information content (AvgIpc) is 2.78. The van der Waals surface area contributed by atoms with Crippen LogP contribution in [0.1, 0.15) is 19.3 Å². The van der Waals surface area contributed by atoms with Gasteiger partial charge in [-0.15, -0.1) is 0 Å². The molecule has 0 aliphatic carbocycles. The zero-order valence-electron chi connectivity index (χ0n) is 16.9. The first-order chi connectivity index (χ1) is 14.1. The third-order valence-electron chi connectivity index (χ3n) is 5.55. The Bertz CT molecular complexity index is 892. The van der Waals surface area contributed by atoms with Crippen molar-refractivity contribution in [2.75, 3.05) is 57.6 Å². The number of ether oxygens (including phenoxy) is 3. The van der Waals surface area contributed by atoms with Crippen molar-refractivity contribution in [2.45, 2.75) is 25.4 Å². The smallest absolute Gasteiger partial charge is 0.251 e. The van der Waals surface area contributed by atoms with Crippen LogP contribution >= 0.6 is 0 Å². The highest BCUT2D eigenvalue weighted by molar-refractivity contribution is 5.91. The summed E-state index contributed by atoms with van der Waals surface area (Å²) < 4.78 is 16.3. The second kappa shape index (κ2) is 8.28. The van der Waals surface area contributed by atoms with Gasteiger partial charge < -0.3 is 29.7 Å². The molecule has 0 bridgehead atoms. The zero-order chi connectivity index (χ0) is 20.4. The van der Waals surface area contributed by atoms with Gasteiger partial charge in [-0.05, 0) is 25.3 Å². The standard InChI is InChI=1S/C20H27N5O4/c1-27-16-11-13-14(12-17(16)28-2)22-20(23-18(13)21)25-8-6-24(7-9-25)19(26)15-5-3-4-10-29-15/h11-12,15H,3-10H2,1-2H3,(H2,21,22,23). The fourth-order valence-corrected chi connectivity index (χ4v) is 3.87. The van der Waals surface area contributed by atoms with Gasteiger partial charge in [-0.2, -0.15) is 4.98 Å². The summed E-state index contributed by atoms with van der Waals surface area (Å²) in [7, 11) is 3.16. The highest BCUT2D eigenvalue weighted by atomic mass is 16.5. The molecule has 0 saturated carbocycles. The number of anilines is 2. The largest absolute Gasteiger partial charge is 0.493 e. The molecule has 9 nitrogen and oxygen atoms in total. The lowest BCUT2D eigenvalue weighted by atomic mass is 10.1. The van der Waals surface area contributed by atoms with Gasteiger partial charge in [-0.1, -0.05) is 0 Å². The SMILES string of the molecule is COc1cc2nc(N3CCN(C(=O)C4CCCCO4)CC3)nc(N)c2cc1OC. The molecule has 2 aromatic rings. The van der Waals surface area contributed by atoms with Crippen molar-refractivity contribution in [3.8, 4) is 11.5 Å². The summed E-state index contributed by atoms with van der Waals surface area (Å²) in [6, 6.07) is 3.59. The molecule has 1 amide bonds. The average molecular weight is 401 g/mol. The normalized spacial score (nSPS) is 20.0. The molecule has 1 aromatic carbocycles. The lowest BCUT2D eigenvalue weighted by Gasteiger charge is -2.37. The summed E-state index contributed by atoms with van der Waals surface area (Å²) in [5.74, 6) is 2.22. The molecule has 2 N–H and O–H groups in total. The predicted molar refractivity (Wildman–Crippen MR) is 109 cm³/mol. The zero-order valence-corrected chi connectivity index (χ0v) is 16.9. The van der Waals surface area contributed by atoms with E-state index >= 15 is 0 Å². The Labute approximate surface area is 169 Å². The van der Waals surface area contributed by atoms with E-state index in [0.717, 1.165) is 24.6 Å². The third-order valence-corrected chi connectivity index (χ3v) is 5.55. The number of nitrogens with two attached hydrogens (primary N) is 1. The van der Waals surface area contributed by atoms with Crippen molar-refractivity contribution in [2.24, 2.45) is 0 Å². The Morgan fingerprint density at radius 1 is 1.10 bits per heavy atom. The Kier molecular flexibility index (Phi) is 5.57. The molecular formula is C20H27N5O4. The second-order valence-electron chi connectivity index (χ2n) is 7.30. The molecule has 156 valence electrons. The van der Waals surface area contributed by atoms with E-state index < -0.39 is 0 Å². The molecule has 29 heavy (non-hydrogen) atoms. The quantitative estimate of drug-likeness (QED) is 0.821.